The molecule has 0 spiro atoms. The number of benzene rings is 1. The summed E-state index contributed by atoms with van der Waals surface area (Å²) in [7, 11) is 0. The van der Waals surface area contributed by atoms with Gasteiger partial charge in [-0.15, -0.1) is 0 Å². The zero-order valence-corrected chi connectivity index (χ0v) is 9.34. The number of pyridine rings is 1. The van der Waals surface area contributed by atoms with Crippen LogP contribution < -0.4 is 4.74 Å². The van der Waals surface area contributed by atoms with Gasteiger partial charge in [0.2, 0.25) is 11.8 Å². The topological polar surface area (TPSA) is 34.5 Å². The standard InChI is InChI=1S/C14H12N2O/c1-2-6-12-11(5-1)8-9-14(16-12)17-13-7-3-4-10-15-13/h1-3,5-9H,4,10H2. The molecule has 1 aliphatic rings. The van der Waals surface area contributed by atoms with Crippen LogP contribution in [0.25, 0.3) is 10.9 Å². The molecule has 3 rings (SSSR count). The largest absolute Gasteiger partial charge is 0.421 e. The van der Waals surface area contributed by atoms with Crippen LogP contribution in [0.5, 0.6) is 5.88 Å². The number of aromatic nitrogens is 1. The summed E-state index contributed by atoms with van der Waals surface area (Å²) in [4.78, 5) is 8.70. The summed E-state index contributed by atoms with van der Waals surface area (Å²) in [6.45, 7) is 0.791. The zero-order chi connectivity index (χ0) is 11.5. The molecular weight excluding hydrogens is 212 g/mol. The minimum absolute atomic E-state index is 0.592. The highest BCUT2D eigenvalue weighted by atomic mass is 16.5. The molecule has 1 aromatic heterocycles. The predicted molar refractivity (Wildman–Crippen MR) is 68.4 cm³/mol. The van der Waals surface area contributed by atoms with Crippen molar-refractivity contribution in [2.45, 2.75) is 6.42 Å². The van der Waals surface area contributed by atoms with Crippen molar-refractivity contribution in [3.05, 3.63) is 48.6 Å². The molecule has 3 nitrogen and oxygen atoms in total. The van der Waals surface area contributed by atoms with Crippen molar-refractivity contribution < 1.29 is 4.74 Å². The summed E-state index contributed by atoms with van der Waals surface area (Å²) < 4.78 is 5.62. The first-order valence-corrected chi connectivity index (χ1v) is 5.66. The van der Waals surface area contributed by atoms with Gasteiger partial charge in [-0.25, -0.2) is 4.98 Å². The number of nitrogens with zero attached hydrogens (tertiary/aromatic N) is 2. The van der Waals surface area contributed by atoms with Crippen molar-refractivity contribution in [1.29, 1.82) is 0 Å². The van der Waals surface area contributed by atoms with Crippen LogP contribution in [-0.2, 0) is 0 Å². The van der Waals surface area contributed by atoms with E-state index in [-0.39, 0.29) is 0 Å². The maximum absolute atomic E-state index is 5.62. The summed E-state index contributed by atoms with van der Waals surface area (Å²) in [6, 6.07) is 11.8. The Bertz CT molecular complexity index is 602. The molecule has 3 heteroatoms. The summed E-state index contributed by atoms with van der Waals surface area (Å²) in [5, 5.41) is 1.11. The van der Waals surface area contributed by atoms with Crippen LogP contribution in [0.1, 0.15) is 6.42 Å². The fourth-order valence-electron chi connectivity index (χ4n) is 1.76. The first-order valence-electron chi connectivity index (χ1n) is 5.66. The lowest BCUT2D eigenvalue weighted by atomic mass is 10.2. The third kappa shape index (κ3) is 2.18. The maximum atomic E-state index is 5.62. The van der Waals surface area contributed by atoms with Gasteiger partial charge in [0.25, 0.3) is 0 Å². The normalized spacial score (nSPS) is 14.7. The Labute approximate surface area is 99.5 Å². The second-order valence-corrected chi connectivity index (χ2v) is 3.86. The van der Waals surface area contributed by atoms with Crippen LogP contribution >= 0.6 is 0 Å². The number of hydrogen-bond donors (Lipinski definition) is 0. The highest BCUT2D eigenvalue weighted by Crippen LogP contribution is 2.16. The van der Waals surface area contributed by atoms with Crippen LogP contribution in [0.15, 0.2) is 53.5 Å². The molecule has 0 atom stereocenters. The predicted octanol–water partition coefficient (Wildman–Crippen LogP) is 2.97. The molecule has 0 amide bonds. The first-order chi connectivity index (χ1) is 8.42. The number of ether oxygens (including phenoxy) is 1. The second-order valence-electron chi connectivity index (χ2n) is 3.86. The Morgan fingerprint density at radius 1 is 1.06 bits per heavy atom. The molecule has 84 valence electrons. The Morgan fingerprint density at radius 3 is 2.88 bits per heavy atom. The number of dihydropyridines is 1. The lowest BCUT2D eigenvalue weighted by Crippen LogP contribution is -2.09. The van der Waals surface area contributed by atoms with E-state index < -0.39 is 0 Å². The maximum Gasteiger partial charge on any atom is 0.221 e. The lowest BCUT2D eigenvalue weighted by Gasteiger charge is -2.07. The van der Waals surface area contributed by atoms with E-state index >= 15 is 0 Å². The number of fused-ring (bicyclic) bond motifs is 1. The second kappa shape index (κ2) is 4.37. The van der Waals surface area contributed by atoms with E-state index in [1.807, 2.05) is 42.5 Å². The monoisotopic (exact) mass is 224 g/mol. The van der Waals surface area contributed by atoms with E-state index in [0.717, 1.165) is 23.9 Å². The molecule has 0 bridgehead atoms. The molecule has 17 heavy (non-hydrogen) atoms. The molecule has 0 N–H and O–H groups in total. The summed E-state index contributed by atoms with van der Waals surface area (Å²) in [5.41, 5.74) is 0.936. The van der Waals surface area contributed by atoms with Gasteiger partial charge in [0.1, 0.15) is 0 Å². The van der Waals surface area contributed by atoms with Crippen molar-refractivity contribution in [2.75, 3.05) is 6.54 Å². The molecule has 0 radical (unpaired) electrons. The highest BCUT2D eigenvalue weighted by molar-refractivity contribution is 5.90. The van der Waals surface area contributed by atoms with Crippen molar-refractivity contribution >= 4 is 16.8 Å². The Balaban J connectivity index is 1.90. The quantitative estimate of drug-likeness (QED) is 0.746. The summed E-state index contributed by atoms with van der Waals surface area (Å²) >= 11 is 0. The van der Waals surface area contributed by atoms with Crippen LogP contribution in [0.2, 0.25) is 0 Å². The Kier molecular flexibility index (Phi) is 2.58. The average molecular weight is 224 g/mol. The average Bonchev–Trinajstić information content (AvgIpc) is 2.40. The van der Waals surface area contributed by atoms with Gasteiger partial charge in [-0.05, 0) is 24.6 Å². The Morgan fingerprint density at radius 2 is 2.00 bits per heavy atom. The van der Waals surface area contributed by atoms with Crippen molar-refractivity contribution in [1.82, 2.24) is 4.98 Å². The van der Waals surface area contributed by atoms with E-state index in [1.165, 1.54) is 0 Å². The molecule has 0 saturated heterocycles. The van der Waals surface area contributed by atoms with Gasteiger partial charge in [0, 0.05) is 18.0 Å². The third-order valence-electron chi connectivity index (χ3n) is 2.61. The summed E-state index contributed by atoms with van der Waals surface area (Å²) in [5.74, 6) is 1.23. The van der Waals surface area contributed by atoms with Crippen molar-refractivity contribution in [2.24, 2.45) is 4.99 Å². The minimum atomic E-state index is 0.592. The van der Waals surface area contributed by atoms with Crippen LogP contribution in [0.4, 0.5) is 0 Å². The van der Waals surface area contributed by atoms with Crippen molar-refractivity contribution in [3.63, 3.8) is 0 Å². The van der Waals surface area contributed by atoms with Gasteiger partial charge >= 0.3 is 0 Å². The first kappa shape index (κ1) is 10.0. The van der Waals surface area contributed by atoms with Gasteiger partial charge in [-0.2, -0.15) is 0 Å². The van der Waals surface area contributed by atoms with E-state index in [9.17, 15) is 0 Å². The molecule has 0 unspecified atom stereocenters. The van der Waals surface area contributed by atoms with Crippen LogP contribution in [0.3, 0.4) is 0 Å². The smallest absolute Gasteiger partial charge is 0.221 e. The van der Waals surface area contributed by atoms with E-state index in [1.54, 1.807) is 0 Å². The van der Waals surface area contributed by atoms with Gasteiger partial charge in [0.05, 0.1) is 5.52 Å². The van der Waals surface area contributed by atoms with Gasteiger partial charge in [-0.3, -0.25) is 4.99 Å². The fraction of sp³-hybridized carbons (Fsp3) is 0.143. The molecule has 0 saturated carbocycles. The van der Waals surface area contributed by atoms with Crippen LogP contribution in [-0.4, -0.2) is 17.4 Å². The molecule has 1 aliphatic heterocycles. The lowest BCUT2D eigenvalue weighted by molar-refractivity contribution is 0.529. The summed E-state index contributed by atoms with van der Waals surface area (Å²) in [6.07, 6.45) is 4.93. The van der Waals surface area contributed by atoms with Gasteiger partial charge in [0.15, 0.2) is 0 Å². The molecule has 1 aromatic carbocycles. The fourth-order valence-corrected chi connectivity index (χ4v) is 1.76. The third-order valence-corrected chi connectivity index (χ3v) is 2.61. The zero-order valence-electron chi connectivity index (χ0n) is 9.34. The van der Waals surface area contributed by atoms with E-state index in [0.29, 0.717) is 11.8 Å². The SMILES string of the molecule is C1=CC(Oc2ccc3ccccc3n2)=NCC1. The van der Waals surface area contributed by atoms with Gasteiger partial charge in [-0.1, -0.05) is 24.3 Å². The number of rotatable bonds is 1. The Hall–Kier alpha value is -2.16. The number of aliphatic imine (C=N–C) groups is 1. The van der Waals surface area contributed by atoms with Crippen LogP contribution in [0, 0.1) is 0 Å². The minimum Gasteiger partial charge on any atom is -0.421 e. The van der Waals surface area contributed by atoms with E-state index in [2.05, 4.69) is 16.1 Å². The van der Waals surface area contributed by atoms with Crippen molar-refractivity contribution in [3.8, 4) is 5.88 Å². The number of hydrogen-bond acceptors (Lipinski definition) is 3. The molecule has 0 aliphatic carbocycles. The molecule has 2 aromatic rings. The molecular formula is C14H12N2O. The van der Waals surface area contributed by atoms with E-state index in [4.69, 9.17) is 4.74 Å². The highest BCUT2D eigenvalue weighted by Gasteiger charge is 2.04. The number of para-hydroxylation sites is 1. The van der Waals surface area contributed by atoms with Gasteiger partial charge < -0.3 is 4.74 Å². The molecule has 2 heterocycles. The molecule has 0 fully saturated rings.